The first-order chi connectivity index (χ1) is 19.9. The van der Waals surface area contributed by atoms with Crippen LogP contribution in [0.2, 0.25) is 0 Å². The van der Waals surface area contributed by atoms with Crippen molar-refractivity contribution in [2.75, 3.05) is 54.2 Å². The molecule has 0 unspecified atom stereocenters. The Balaban J connectivity index is 1.57. The van der Waals surface area contributed by atoms with Gasteiger partial charge in [0.2, 0.25) is 0 Å². The lowest BCUT2D eigenvalue weighted by Gasteiger charge is -2.37. The third-order valence-electron chi connectivity index (χ3n) is 7.50. The smallest absolute Gasteiger partial charge is 0.259 e. The maximum Gasteiger partial charge on any atom is 0.259 e. The lowest BCUT2D eigenvalue weighted by molar-refractivity contribution is 0.453. The number of nitrogens with zero attached hydrogens (tertiary/aromatic N) is 5. The molecular formula is C29H31F3N6O3S. The van der Waals surface area contributed by atoms with Gasteiger partial charge >= 0.3 is 0 Å². The lowest BCUT2D eigenvalue weighted by Crippen LogP contribution is -2.48. The molecular weight excluding hydrogens is 569 g/mol. The van der Waals surface area contributed by atoms with Crippen LogP contribution < -0.4 is 20.7 Å². The molecule has 222 valence electrons. The Bertz CT molecular complexity index is 1820. The summed E-state index contributed by atoms with van der Waals surface area (Å²) < 4.78 is 71.1. The molecule has 1 atom stereocenters. The third kappa shape index (κ3) is 5.52. The number of aromatic nitrogens is 3. The lowest BCUT2D eigenvalue weighted by atomic mass is 9.96. The zero-order chi connectivity index (χ0) is 30.3. The van der Waals surface area contributed by atoms with Crippen molar-refractivity contribution in [2.24, 2.45) is 7.05 Å². The van der Waals surface area contributed by atoms with Gasteiger partial charge in [-0.05, 0) is 49.2 Å². The molecule has 0 radical (unpaired) electrons. The standard InChI is InChI=1S/C29H31F3N6O3S/c1-17-11-21(24(14-30)35-23-6-5-19(31)13-25(23)42(4,40)41)26-22(12-17)29(39)36(3)28(27(26)32)38-9-7-37(8-10-38)20-15-33-18(2)34-16-20/h5-6,11-13,15-16,24,35H,7-10,14H2,1-4H3/t24-/m1/s1. The van der Waals surface area contributed by atoms with E-state index >= 15 is 4.39 Å². The second-order valence-corrected chi connectivity index (χ2v) is 12.5. The van der Waals surface area contributed by atoms with Crippen LogP contribution in [0.4, 0.5) is 30.4 Å². The molecule has 1 saturated heterocycles. The number of nitrogens with one attached hydrogen (secondary N) is 1. The van der Waals surface area contributed by atoms with Crippen molar-refractivity contribution in [3.8, 4) is 0 Å². The number of hydrogen-bond acceptors (Lipinski definition) is 8. The van der Waals surface area contributed by atoms with Crippen LogP contribution in [0.15, 0.2) is 52.4 Å². The van der Waals surface area contributed by atoms with E-state index in [4.69, 9.17) is 0 Å². The summed E-state index contributed by atoms with van der Waals surface area (Å²) >= 11 is 0. The van der Waals surface area contributed by atoms with Gasteiger partial charge in [-0.15, -0.1) is 0 Å². The van der Waals surface area contributed by atoms with E-state index in [9.17, 15) is 22.0 Å². The number of benzene rings is 2. The minimum absolute atomic E-state index is 0.0307. The molecule has 0 bridgehead atoms. The third-order valence-corrected chi connectivity index (χ3v) is 8.63. The van der Waals surface area contributed by atoms with Crippen LogP contribution in [-0.4, -0.2) is 62.1 Å². The van der Waals surface area contributed by atoms with Crippen LogP contribution in [0.1, 0.15) is 23.0 Å². The fourth-order valence-corrected chi connectivity index (χ4v) is 6.28. The van der Waals surface area contributed by atoms with E-state index in [1.807, 2.05) is 0 Å². The highest BCUT2D eigenvalue weighted by molar-refractivity contribution is 7.90. The van der Waals surface area contributed by atoms with Gasteiger partial charge in [-0.2, -0.15) is 0 Å². The fraction of sp³-hybridized carbons (Fsp3) is 0.345. The van der Waals surface area contributed by atoms with E-state index < -0.39 is 39.7 Å². The monoisotopic (exact) mass is 600 g/mol. The molecule has 0 amide bonds. The van der Waals surface area contributed by atoms with Crippen LogP contribution in [0.5, 0.6) is 0 Å². The summed E-state index contributed by atoms with van der Waals surface area (Å²) in [5, 5.41) is 2.85. The minimum atomic E-state index is -3.88. The van der Waals surface area contributed by atoms with Crippen LogP contribution in [0.3, 0.4) is 0 Å². The average molecular weight is 601 g/mol. The number of piperazine rings is 1. The molecule has 0 spiro atoms. The number of alkyl halides is 1. The van der Waals surface area contributed by atoms with Crippen molar-refractivity contribution < 1.29 is 21.6 Å². The zero-order valence-corrected chi connectivity index (χ0v) is 24.5. The zero-order valence-electron chi connectivity index (χ0n) is 23.7. The van der Waals surface area contributed by atoms with Gasteiger partial charge in [-0.3, -0.25) is 9.36 Å². The predicted octanol–water partition coefficient (Wildman–Crippen LogP) is 4.08. The molecule has 3 heterocycles. The first-order valence-electron chi connectivity index (χ1n) is 13.3. The number of rotatable bonds is 7. The minimum Gasteiger partial charge on any atom is -0.375 e. The van der Waals surface area contributed by atoms with Gasteiger partial charge in [-0.1, -0.05) is 6.07 Å². The van der Waals surface area contributed by atoms with E-state index in [1.54, 1.807) is 43.3 Å². The molecule has 4 aromatic rings. The van der Waals surface area contributed by atoms with Crippen molar-refractivity contribution in [3.63, 3.8) is 0 Å². The Hall–Kier alpha value is -4.13. The highest BCUT2D eigenvalue weighted by Gasteiger charge is 2.28. The Kier molecular flexibility index (Phi) is 7.88. The maximum absolute atomic E-state index is 16.6. The van der Waals surface area contributed by atoms with Crippen LogP contribution in [-0.2, 0) is 16.9 Å². The van der Waals surface area contributed by atoms with Crippen molar-refractivity contribution in [2.45, 2.75) is 24.8 Å². The van der Waals surface area contributed by atoms with E-state index in [-0.39, 0.29) is 32.7 Å². The van der Waals surface area contributed by atoms with E-state index in [2.05, 4.69) is 20.2 Å². The van der Waals surface area contributed by atoms with E-state index in [0.29, 0.717) is 37.6 Å². The largest absolute Gasteiger partial charge is 0.375 e. The number of pyridine rings is 1. The summed E-state index contributed by atoms with van der Waals surface area (Å²) in [4.78, 5) is 25.5. The van der Waals surface area contributed by atoms with Gasteiger partial charge in [0.1, 0.15) is 24.1 Å². The molecule has 1 N–H and O–H groups in total. The Morgan fingerprint density at radius 3 is 2.26 bits per heavy atom. The van der Waals surface area contributed by atoms with Crippen molar-refractivity contribution in [3.05, 3.63) is 81.7 Å². The quantitative estimate of drug-likeness (QED) is 0.339. The van der Waals surface area contributed by atoms with Gasteiger partial charge in [0, 0.05) is 44.9 Å². The van der Waals surface area contributed by atoms with Crippen LogP contribution >= 0.6 is 0 Å². The molecule has 0 saturated carbocycles. The molecule has 9 nitrogen and oxygen atoms in total. The molecule has 1 fully saturated rings. The summed E-state index contributed by atoms with van der Waals surface area (Å²) in [7, 11) is -2.38. The number of hydrogen-bond donors (Lipinski definition) is 1. The summed E-state index contributed by atoms with van der Waals surface area (Å²) in [6.45, 7) is 4.33. The molecule has 0 aliphatic carbocycles. The van der Waals surface area contributed by atoms with E-state index in [0.717, 1.165) is 24.1 Å². The number of sulfone groups is 1. The van der Waals surface area contributed by atoms with Gasteiger partial charge in [0.15, 0.2) is 15.7 Å². The average Bonchev–Trinajstić information content (AvgIpc) is 2.95. The second-order valence-electron chi connectivity index (χ2n) is 10.5. The topological polar surface area (TPSA) is 100 Å². The predicted molar refractivity (Wildman–Crippen MR) is 157 cm³/mol. The highest BCUT2D eigenvalue weighted by atomic mass is 32.2. The van der Waals surface area contributed by atoms with Gasteiger partial charge in [0.05, 0.1) is 40.1 Å². The summed E-state index contributed by atoms with van der Waals surface area (Å²) in [5.41, 5.74) is 1.12. The second kappa shape index (κ2) is 11.3. The molecule has 1 aliphatic rings. The Morgan fingerprint density at radius 2 is 1.64 bits per heavy atom. The van der Waals surface area contributed by atoms with Gasteiger partial charge in [0.25, 0.3) is 5.56 Å². The number of anilines is 3. The summed E-state index contributed by atoms with van der Waals surface area (Å²) in [5.74, 6) is -0.719. The Labute approximate surface area is 241 Å². The van der Waals surface area contributed by atoms with Gasteiger partial charge < -0.3 is 15.1 Å². The van der Waals surface area contributed by atoms with Crippen LogP contribution in [0.25, 0.3) is 10.8 Å². The normalized spacial score (nSPS) is 14.8. The molecule has 2 aromatic carbocycles. The maximum atomic E-state index is 16.6. The van der Waals surface area contributed by atoms with E-state index in [1.165, 1.54) is 17.7 Å². The Morgan fingerprint density at radius 1 is 1.00 bits per heavy atom. The number of fused-ring (bicyclic) bond motifs is 1. The summed E-state index contributed by atoms with van der Waals surface area (Å²) in [6, 6.07) is 5.00. The van der Waals surface area contributed by atoms with Crippen molar-refractivity contribution in [1.29, 1.82) is 0 Å². The summed E-state index contributed by atoms with van der Waals surface area (Å²) in [6.07, 6.45) is 4.39. The number of aryl methyl sites for hydroxylation is 2. The molecule has 42 heavy (non-hydrogen) atoms. The molecule has 5 rings (SSSR count). The van der Waals surface area contributed by atoms with Crippen LogP contribution in [0, 0.1) is 25.5 Å². The fourth-order valence-electron chi connectivity index (χ4n) is 5.42. The SMILES string of the molecule is Cc1cc([C@@H](CF)Nc2ccc(F)cc2S(C)(=O)=O)c2c(F)c(N3CCN(c4cnc(C)nc4)CC3)n(C)c(=O)c2c1. The molecule has 1 aliphatic heterocycles. The first-order valence-corrected chi connectivity index (χ1v) is 15.2. The number of halogens is 3. The first kappa shape index (κ1) is 29.4. The molecule has 2 aromatic heterocycles. The van der Waals surface area contributed by atoms with Crippen molar-refractivity contribution in [1.82, 2.24) is 14.5 Å². The highest BCUT2D eigenvalue weighted by Crippen LogP contribution is 2.35. The van der Waals surface area contributed by atoms with Gasteiger partial charge in [-0.25, -0.2) is 31.6 Å². The van der Waals surface area contributed by atoms with Crippen molar-refractivity contribution >= 4 is 37.8 Å². The molecule has 13 heteroatoms.